The number of carbonyl (C=O) groups excluding carboxylic acids is 1. The molecule has 102 valence electrons. The number of carbonyl (C=O) groups is 1. The highest BCUT2D eigenvalue weighted by atomic mass is 79.9. The molecule has 4 heteroatoms. The standard InChI is InChI=1S/C16H13Br2NO/c1-19-14-7-4-11(8-12(14)9-15(19)20)16(18)10-2-5-13(17)6-3-10/h2-8,16H,9H2,1H3. The van der Waals surface area contributed by atoms with Crippen LogP contribution in [0.1, 0.15) is 21.5 Å². The van der Waals surface area contributed by atoms with Crippen molar-refractivity contribution < 1.29 is 4.79 Å². The third kappa shape index (κ3) is 2.42. The maximum atomic E-state index is 11.7. The topological polar surface area (TPSA) is 20.3 Å². The maximum absolute atomic E-state index is 11.7. The highest BCUT2D eigenvalue weighted by molar-refractivity contribution is 9.10. The number of fused-ring (bicyclic) bond motifs is 1. The van der Waals surface area contributed by atoms with Gasteiger partial charge in [-0.3, -0.25) is 4.79 Å². The number of halogens is 2. The van der Waals surface area contributed by atoms with Crippen LogP contribution in [0.25, 0.3) is 0 Å². The van der Waals surface area contributed by atoms with Crippen molar-refractivity contribution in [3.63, 3.8) is 0 Å². The number of anilines is 1. The van der Waals surface area contributed by atoms with Crippen molar-refractivity contribution in [2.75, 3.05) is 11.9 Å². The Balaban J connectivity index is 1.94. The first-order valence-electron chi connectivity index (χ1n) is 6.35. The average Bonchev–Trinajstić information content (AvgIpc) is 2.74. The van der Waals surface area contributed by atoms with Crippen molar-refractivity contribution in [1.29, 1.82) is 0 Å². The number of alkyl halides is 1. The number of rotatable bonds is 2. The van der Waals surface area contributed by atoms with E-state index in [1.807, 2.05) is 25.2 Å². The second-order valence-electron chi connectivity index (χ2n) is 4.93. The SMILES string of the molecule is CN1C(=O)Cc2cc(C(Br)c3ccc(Br)cc3)ccc21. The van der Waals surface area contributed by atoms with Crippen molar-refractivity contribution in [3.05, 3.63) is 63.6 Å². The summed E-state index contributed by atoms with van der Waals surface area (Å²) >= 11 is 7.19. The van der Waals surface area contributed by atoms with Gasteiger partial charge in [0.05, 0.1) is 11.2 Å². The van der Waals surface area contributed by atoms with Crippen molar-refractivity contribution in [1.82, 2.24) is 0 Å². The van der Waals surface area contributed by atoms with Gasteiger partial charge in [0.1, 0.15) is 0 Å². The summed E-state index contributed by atoms with van der Waals surface area (Å²) in [4.78, 5) is 13.6. The monoisotopic (exact) mass is 393 g/mol. The summed E-state index contributed by atoms with van der Waals surface area (Å²) in [5.41, 5.74) is 4.51. The number of benzene rings is 2. The molecule has 20 heavy (non-hydrogen) atoms. The van der Waals surface area contributed by atoms with Crippen molar-refractivity contribution >= 4 is 43.5 Å². The molecular weight excluding hydrogens is 382 g/mol. The summed E-state index contributed by atoms with van der Waals surface area (Å²) in [7, 11) is 1.83. The normalized spacial score (nSPS) is 15.3. The minimum Gasteiger partial charge on any atom is -0.315 e. The molecule has 0 aromatic heterocycles. The Morgan fingerprint density at radius 3 is 2.45 bits per heavy atom. The van der Waals surface area contributed by atoms with Crippen LogP contribution in [0.4, 0.5) is 5.69 Å². The Hall–Kier alpha value is -1.13. The Labute approximate surface area is 135 Å². The molecule has 1 amide bonds. The molecule has 0 saturated carbocycles. The summed E-state index contributed by atoms with van der Waals surface area (Å²) in [5, 5.41) is 0. The van der Waals surface area contributed by atoms with E-state index in [0.717, 1.165) is 15.7 Å². The lowest BCUT2D eigenvalue weighted by Crippen LogP contribution is -2.20. The van der Waals surface area contributed by atoms with Crippen molar-refractivity contribution in [2.24, 2.45) is 0 Å². The Kier molecular flexibility index (Phi) is 3.69. The first kappa shape index (κ1) is 13.8. The molecule has 1 aliphatic rings. The molecule has 1 heterocycles. The fourth-order valence-corrected chi connectivity index (χ4v) is 3.33. The van der Waals surface area contributed by atoms with Gasteiger partial charge in [-0.1, -0.05) is 56.1 Å². The summed E-state index contributed by atoms with van der Waals surface area (Å²) in [6.07, 6.45) is 0.500. The number of hydrogen-bond acceptors (Lipinski definition) is 1. The number of hydrogen-bond donors (Lipinski definition) is 0. The Morgan fingerprint density at radius 2 is 1.75 bits per heavy atom. The van der Waals surface area contributed by atoms with Crippen LogP contribution in [-0.4, -0.2) is 13.0 Å². The summed E-state index contributed by atoms with van der Waals surface area (Å²) in [6.45, 7) is 0. The lowest BCUT2D eigenvalue weighted by atomic mass is 10.0. The molecule has 1 unspecified atom stereocenters. The lowest BCUT2D eigenvalue weighted by Gasteiger charge is -2.14. The molecule has 0 saturated heterocycles. The smallest absolute Gasteiger partial charge is 0.231 e. The van der Waals surface area contributed by atoms with E-state index in [9.17, 15) is 4.79 Å². The zero-order chi connectivity index (χ0) is 14.3. The van der Waals surface area contributed by atoms with Crippen molar-refractivity contribution in [3.8, 4) is 0 Å². The third-order valence-corrected chi connectivity index (χ3v) is 5.22. The molecule has 3 rings (SSSR count). The van der Waals surface area contributed by atoms with Crippen LogP contribution in [0.3, 0.4) is 0 Å². The quantitative estimate of drug-likeness (QED) is 0.689. The Bertz CT molecular complexity index is 667. The zero-order valence-corrected chi connectivity index (χ0v) is 14.1. The minimum absolute atomic E-state index is 0.141. The van der Waals surface area contributed by atoms with Crippen LogP contribution < -0.4 is 4.90 Å². The Morgan fingerprint density at radius 1 is 1.10 bits per heavy atom. The van der Waals surface area contributed by atoms with E-state index in [2.05, 4.69) is 56.1 Å². The third-order valence-electron chi connectivity index (χ3n) is 3.64. The van der Waals surface area contributed by atoms with E-state index >= 15 is 0 Å². The van der Waals surface area contributed by atoms with Crippen LogP contribution in [0.2, 0.25) is 0 Å². The molecule has 2 aromatic carbocycles. The van der Waals surface area contributed by atoms with Gasteiger partial charge in [0.2, 0.25) is 5.91 Å². The van der Waals surface area contributed by atoms with E-state index in [0.29, 0.717) is 6.42 Å². The largest absolute Gasteiger partial charge is 0.315 e. The molecule has 2 aromatic rings. The zero-order valence-electron chi connectivity index (χ0n) is 10.9. The molecular formula is C16H13Br2NO. The van der Waals surface area contributed by atoms with E-state index in [4.69, 9.17) is 0 Å². The van der Waals surface area contributed by atoms with E-state index in [1.54, 1.807) is 4.90 Å². The molecule has 2 nitrogen and oxygen atoms in total. The van der Waals surface area contributed by atoms with Gasteiger partial charge in [-0.15, -0.1) is 0 Å². The van der Waals surface area contributed by atoms with Gasteiger partial charge in [-0.2, -0.15) is 0 Å². The van der Waals surface area contributed by atoms with Crippen LogP contribution in [0.15, 0.2) is 46.9 Å². The molecule has 0 N–H and O–H groups in total. The number of nitrogens with zero attached hydrogens (tertiary/aromatic N) is 1. The lowest BCUT2D eigenvalue weighted by molar-refractivity contribution is -0.117. The van der Waals surface area contributed by atoms with Gasteiger partial charge in [0.25, 0.3) is 0 Å². The number of amides is 1. The predicted molar refractivity (Wildman–Crippen MR) is 88.5 cm³/mol. The maximum Gasteiger partial charge on any atom is 0.231 e. The highest BCUT2D eigenvalue weighted by Gasteiger charge is 2.24. The summed E-state index contributed by atoms with van der Waals surface area (Å²) in [6, 6.07) is 14.5. The second-order valence-corrected chi connectivity index (χ2v) is 6.76. The van der Waals surface area contributed by atoms with E-state index in [-0.39, 0.29) is 10.7 Å². The summed E-state index contributed by atoms with van der Waals surface area (Å²) < 4.78 is 1.07. The van der Waals surface area contributed by atoms with Crippen LogP contribution >= 0.6 is 31.9 Å². The first-order valence-corrected chi connectivity index (χ1v) is 8.06. The van der Waals surface area contributed by atoms with Gasteiger partial charge in [0, 0.05) is 17.2 Å². The van der Waals surface area contributed by atoms with Crippen LogP contribution in [0, 0.1) is 0 Å². The van der Waals surface area contributed by atoms with Gasteiger partial charge in [-0.05, 0) is 34.9 Å². The molecule has 1 atom stereocenters. The van der Waals surface area contributed by atoms with Gasteiger partial charge in [-0.25, -0.2) is 0 Å². The fourth-order valence-electron chi connectivity index (χ4n) is 2.47. The van der Waals surface area contributed by atoms with Crippen LogP contribution in [-0.2, 0) is 11.2 Å². The molecule has 0 bridgehead atoms. The minimum atomic E-state index is 0.141. The highest BCUT2D eigenvalue weighted by Crippen LogP contribution is 2.36. The van der Waals surface area contributed by atoms with E-state index in [1.165, 1.54) is 11.1 Å². The van der Waals surface area contributed by atoms with E-state index < -0.39 is 0 Å². The number of likely N-dealkylation sites (N-methyl/N-ethyl adjacent to an activating group) is 1. The van der Waals surface area contributed by atoms with Gasteiger partial charge < -0.3 is 4.90 Å². The molecule has 0 fully saturated rings. The molecule has 0 aliphatic carbocycles. The molecule has 0 spiro atoms. The predicted octanol–water partition coefficient (Wildman–Crippen LogP) is 4.45. The second kappa shape index (κ2) is 5.34. The average molecular weight is 395 g/mol. The van der Waals surface area contributed by atoms with Crippen molar-refractivity contribution in [2.45, 2.75) is 11.2 Å². The fraction of sp³-hybridized carbons (Fsp3) is 0.188. The van der Waals surface area contributed by atoms with Gasteiger partial charge >= 0.3 is 0 Å². The molecule has 0 radical (unpaired) electrons. The van der Waals surface area contributed by atoms with Crippen LogP contribution in [0.5, 0.6) is 0 Å². The first-order chi connectivity index (χ1) is 9.56. The molecule has 1 aliphatic heterocycles. The van der Waals surface area contributed by atoms with Gasteiger partial charge in [0.15, 0.2) is 0 Å². The summed E-state index contributed by atoms with van der Waals surface area (Å²) in [5.74, 6) is 0.159.